The van der Waals surface area contributed by atoms with E-state index in [1.54, 1.807) is 7.05 Å². The molecule has 3 unspecified atom stereocenters. The largest absolute Gasteiger partial charge is 0.373 e. The lowest BCUT2D eigenvalue weighted by Gasteiger charge is -2.33. The Labute approximate surface area is 180 Å². The molecule has 1 saturated heterocycles. The van der Waals surface area contributed by atoms with Crippen LogP contribution in [0.5, 0.6) is 0 Å². The summed E-state index contributed by atoms with van der Waals surface area (Å²) in [4.78, 5) is 4.26. The predicted molar refractivity (Wildman–Crippen MR) is 122 cm³/mol. The number of aliphatic imine (C=N–C) groups is 1. The second-order valence-corrected chi connectivity index (χ2v) is 9.28. The Morgan fingerprint density at radius 3 is 2.67 bits per heavy atom. The first-order valence-electron chi connectivity index (χ1n) is 9.20. The highest BCUT2D eigenvalue weighted by atomic mass is 127. The van der Waals surface area contributed by atoms with Gasteiger partial charge in [0.05, 0.1) is 11.9 Å². The van der Waals surface area contributed by atoms with Gasteiger partial charge in [0.1, 0.15) is 9.84 Å². The summed E-state index contributed by atoms with van der Waals surface area (Å²) in [6, 6.07) is 10.4. The van der Waals surface area contributed by atoms with Crippen molar-refractivity contribution in [2.24, 2.45) is 10.9 Å². The van der Waals surface area contributed by atoms with Gasteiger partial charge in [-0.1, -0.05) is 30.3 Å². The van der Waals surface area contributed by atoms with Crippen LogP contribution in [0, 0.1) is 5.92 Å². The molecule has 6 nitrogen and oxygen atoms in total. The first kappa shape index (κ1) is 24.2. The molecule has 0 aromatic heterocycles. The molecule has 2 rings (SSSR count). The van der Waals surface area contributed by atoms with Crippen LogP contribution in [0.3, 0.4) is 0 Å². The molecule has 3 atom stereocenters. The molecule has 0 spiro atoms. The molecule has 0 aliphatic carbocycles. The third-order valence-corrected chi connectivity index (χ3v) is 5.61. The lowest BCUT2D eigenvalue weighted by molar-refractivity contribution is -0.0265. The number of halogens is 1. The third kappa shape index (κ3) is 8.78. The van der Waals surface area contributed by atoms with Crippen LogP contribution in [0.4, 0.5) is 0 Å². The van der Waals surface area contributed by atoms with Crippen LogP contribution in [-0.4, -0.2) is 52.6 Å². The zero-order valence-corrected chi connectivity index (χ0v) is 19.5. The summed E-state index contributed by atoms with van der Waals surface area (Å²) in [5, 5.41) is 6.64. The Morgan fingerprint density at radius 1 is 1.33 bits per heavy atom. The summed E-state index contributed by atoms with van der Waals surface area (Å²) >= 11 is 0. The maximum atomic E-state index is 11.3. The van der Waals surface area contributed by atoms with Crippen molar-refractivity contribution in [2.75, 3.05) is 32.2 Å². The molecule has 1 aliphatic heterocycles. The quantitative estimate of drug-likeness (QED) is 0.336. The van der Waals surface area contributed by atoms with E-state index in [4.69, 9.17) is 4.74 Å². The topological polar surface area (TPSA) is 79.8 Å². The van der Waals surface area contributed by atoms with Gasteiger partial charge in [-0.05, 0) is 31.7 Å². The molecule has 0 amide bonds. The van der Waals surface area contributed by atoms with E-state index in [0.717, 1.165) is 26.0 Å². The molecule has 154 valence electrons. The van der Waals surface area contributed by atoms with Crippen molar-refractivity contribution in [3.05, 3.63) is 35.9 Å². The molecule has 0 radical (unpaired) electrons. The molecule has 1 heterocycles. The summed E-state index contributed by atoms with van der Waals surface area (Å²) in [6.45, 7) is 3.53. The number of nitrogens with zero attached hydrogens (tertiary/aromatic N) is 1. The summed E-state index contributed by atoms with van der Waals surface area (Å²) in [5.74, 6) is 1.24. The highest BCUT2D eigenvalue weighted by Gasteiger charge is 2.27. The second-order valence-electron chi connectivity index (χ2n) is 7.02. The first-order chi connectivity index (χ1) is 12.4. The van der Waals surface area contributed by atoms with Gasteiger partial charge in [0, 0.05) is 38.4 Å². The van der Waals surface area contributed by atoms with Gasteiger partial charge in [-0.2, -0.15) is 0 Å². The number of hydrogen-bond donors (Lipinski definition) is 2. The molecule has 1 aromatic carbocycles. The van der Waals surface area contributed by atoms with E-state index in [1.807, 2.05) is 25.1 Å². The summed E-state index contributed by atoms with van der Waals surface area (Å²) in [7, 11) is -1.22. The van der Waals surface area contributed by atoms with Crippen molar-refractivity contribution < 1.29 is 13.2 Å². The monoisotopic (exact) mass is 509 g/mol. The predicted octanol–water partition coefficient (Wildman–Crippen LogP) is 2.76. The summed E-state index contributed by atoms with van der Waals surface area (Å²) in [5.41, 5.74) is 1.21. The van der Waals surface area contributed by atoms with Crippen molar-refractivity contribution in [1.29, 1.82) is 0 Å². The van der Waals surface area contributed by atoms with Gasteiger partial charge in [-0.15, -0.1) is 24.0 Å². The van der Waals surface area contributed by atoms with Crippen LogP contribution in [0.1, 0.15) is 37.9 Å². The van der Waals surface area contributed by atoms with Crippen molar-refractivity contribution >= 4 is 39.8 Å². The van der Waals surface area contributed by atoms with Crippen LogP contribution in [-0.2, 0) is 14.6 Å². The maximum Gasteiger partial charge on any atom is 0.191 e. The summed E-state index contributed by atoms with van der Waals surface area (Å²) in [6.07, 6.45) is 4.08. The Bertz CT molecular complexity index is 683. The van der Waals surface area contributed by atoms with Gasteiger partial charge in [-0.3, -0.25) is 4.99 Å². The smallest absolute Gasteiger partial charge is 0.191 e. The lowest BCUT2D eigenvalue weighted by Crippen LogP contribution is -2.45. The normalized spacial score (nSPS) is 21.8. The molecule has 1 aliphatic rings. The average molecular weight is 509 g/mol. The molecular weight excluding hydrogens is 477 g/mol. The van der Waals surface area contributed by atoms with Crippen molar-refractivity contribution in [3.63, 3.8) is 0 Å². The van der Waals surface area contributed by atoms with Crippen LogP contribution in [0.2, 0.25) is 0 Å². The Kier molecular flexibility index (Phi) is 10.6. The van der Waals surface area contributed by atoms with E-state index >= 15 is 0 Å². The van der Waals surface area contributed by atoms with Crippen LogP contribution in [0.25, 0.3) is 0 Å². The van der Waals surface area contributed by atoms with Crippen molar-refractivity contribution in [1.82, 2.24) is 10.6 Å². The fourth-order valence-electron chi connectivity index (χ4n) is 3.18. The van der Waals surface area contributed by atoms with Gasteiger partial charge in [0.25, 0.3) is 0 Å². The maximum absolute atomic E-state index is 11.3. The number of hydrogen-bond acceptors (Lipinski definition) is 4. The zero-order chi connectivity index (χ0) is 19.0. The number of nitrogens with one attached hydrogen (secondary N) is 2. The van der Waals surface area contributed by atoms with Gasteiger partial charge in [0.15, 0.2) is 5.96 Å². The van der Waals surface area contributed by atoms with Gasteiger partial charge in [0.2, 0.25) is 0 Å². The molecule has 0 bridgehead atoms. The molecule has 27 heavy (non-hydrogen) atoms. The van der Waals surface area contributed by atoms with Gasteiger partial charge >= 0.3 is 0 Å². The summed E-state index contributed by atoms with van der Waals surface area (Å²) < 4.78 is 28.6. The molecule has 0 saturated carbocycles. The Morgan fingerprint density at radius 2 is 2.04 bits per heavy atom. The average Bonchev–Trinajstić information content (AvgIpc) is 2.64. The minimum Gasteiger partial charge on any atom is -0.373 e. The molecule has 1 aromatic rings. The molecular formula is C19H32IN3O3S. The van der Waals surface area contributed by atoms with Crippen molar-refractivity contribution in [2.45, 2.75) is 38.3 Å². The number of sulfone groups is 1. The minimum absolute atomic E-state index is 0. The van der Waals surface area contributed by atoms with Crippen LogP contribution in [0.15, 0.2) is 35.3 Å². The lowest BCUT2D eigenvalue weighted by atomic mass is 9.89. The van der Waals surface area contributed by atoms with Crippen LogP contribution < -0.4 is 10.6 Å². The Hall–Kier alpha value is -0.870. The molecule has 2 N–H and O–H groups in total. The van der Waals surface area contributed by atoms with E-state index in [2.05, 4.69) is 27.8 Å². The fraction of sp³-hybridized carbons (Fsp3) is 0.632. The molecule has 1 fully saturated rings. The van der Waals surface area contributed by atoms with Gasteiger partial charge < -0.3 is 15.4 Å². The minimum atomic E-state index is -2.95. The standard InChI is InChI=1S/C19H31N3O3S.HI/c1-15(11-13-26(3,23)24)22-19(20-2)21-14-17-10-7-12-25-18(17)16-8-5-4-6-9-16;/h4-6,8-9,15,17-18H,7,10-14H2,1-3H3,(H2,20,21,22);1H. The number of guanidine groups is 1. The highest BCUT2D eigenvalue weighted by Crippen LogP contribution is 2.32. The van der Waals surface area contributed by atoms with Gasteiger partial charge in [-0.25, -0.2) is 8.42 Å². The number of benzene rings is 1. The number of ether oxygens (including phenoxy) is 1. The SMILES string of the molecule is CN=C(NCC1CCCOC1c1ccccc1)NC(C)CCS(C)(=O)=O.I. The fourth-order valence-corrected chi connectivity index (χ4v) is 3.96. The Balaban J connectivity index is 0.00000364. The van der Waals surface area contributed by atoms with E-state index < -0.39 is 9.84 Å². The number of rotatable bonds is 7. The highest BCUT2D eigenvalue weighted by molar-refractivity contribution is 14.0. The van der Waals surface area contributed by atoms with E-state index in [1.165, 1.54) is 11.8 Å². The first-order valence-corrected chi connectivity index (χ1v) is 11.3. The van der Waals surface area contributed by atoms with Crippen molar-refractivity contribution in [3.8, 4) is 0 Å². The van der Waals surface area contributed by atoms with Crippen LogP contribution >= 0.6 is 24.0 Å². The van der Waals surface area contributed by atoms with E-state index in [0.29, 0.717) is 18.3 Å². The zero-order valence-electron chi connectivity index (χ0n) is 16.3. The van der Waals surface area contributed by atoms with E-state index in [-0.39, 0.29) is 41.9 Å². The second kappa shape index (κ2) is 11.9. The third-order valence-electron chi connectivity index (χ3n) is 4.63. The van der Waals surface area contributed by atoms with E-state index in [9.17, 15) is 8.42 Å². The molecule has 8 heteroatoms.